The molecule has 1 saturated heterocycles. The van der Waals surface area contributed by atoms with Crippen molar-refractivity contribution in [2.45, 2.75) is 32.6 Å². The lowest BCUT2D eigenvalue weighted by Gasteiger charge is -2.32. The minimum atomic E-state index is -0.551. The zero-order chi connectivity index (χ0) is 20.1. The average Bonchev–Trinajstić information content (AvgIpc) is 2.72. The van der Waals surface area contributed by atoms with Crippen LogP contribution in [0.3, 0.4) is 0 Å². The number of carbonyl (C=O) groups excluding carboxylic acids is 1. The van der Waals surface area contributed by atoms with Gasteiger partial charge in [-0.1, -0.05) is 12.1 Å². The number of rotatable bonds is 6. The van der Waals surface area contributed by atoms with Crippen LogP contribution in [0.1, 0.15) is 40.1 Å². The molecule has 1 unspecified atom stereocenters. The van der Waals surface area contributed by atoms with Crippen molar-refractivity contribution < 1.29 is 13.9 Å². The third-order valence-corrected chi connectivity index (χ3v) is 5.37. The van der Waals surface area contributed by atoms with Crippen molar-refractivity contribution in [3.63, 3.8) is 0 Å². The first-order chi connectivity index (χ1) is 13.5. The van der Waals surface area contributed by atoms with Gasteiger partial charge in [0, 0.05) is 19.5 Å². The van der Waals surface area contributed by atoms with Gasteiger partial charge < -0.3 is 19.8 Å². The number of carbonyl (C=O) groups is 1. The van der Waals surface area contributed by atoms with E-state index in [0.29, 0.717) is 43.3 Å². The highest BCUT2D eigenvalue weighted by Gasteiger charge is 2.27. The number of methoxy groups -OCH3 is 1. The molecule has 0 spiro atoms. The highest BCUT2D eigenvalue weighted by atomic mass is 16.5. The summed E-state index contributed by atoms with van der Waals surface area (Å²) in [6, 6.07) is 9.61. The monoisotopic (exact) mass is 384 g/mol. The molecule has 1 aromatic carbocycles. The maximum absolute atomic E-state index is 12.9. The van der Waals surface area contributed by atoms with Crippen LogP contribution in [0.15, 0.2) is 39.5 Å². The number of aryl methyl sites for hydroxylation is 3. The molecular weight excluding hydrogens is 356 g/mol. The van der Waals surface area contributed by atoms with Gasteiger partial charge in [-0.05, 0) is 68.0 Å². The van der Waals surface area contributed by atoms with E-state index in [-0.39, 0.29) is 11.5 Å². The first-order valence-corrected chi connectivity index (χ1v) is 9.77. The molecule has 0 bridgehead atoms. The van der Waals surface area contributed by atoms with Gasteiger partial charge >= 0.3 is 5.63 Å². The van der Waals surface area contributed by atoms with Crippen molar-refractivity contribution in [3.05, 3.63) is 63.2 Å². The summed E-state index contributed by atoms with van der Waals surface area (Å²) in [6.07, 6.45) is 3.27. The molecule has 28 heavy (non-hydrogen) atoms. The summed E-state index contributed by atoms with van der Waals surface area (Å²) in [4.78, 5) is 27.1. The summed E-state index contributed by atoms with van der Waals surface area (Å²) in [6.45, 7) is 3.62. The Kier molecular flexibility index (Phi) is 6.52. The Bertz CT molecular complexity index is 873. The number of hydrogen-bond donors (Lipinski definition) is 1. The number of benzene rings is 1. The van der Waals surface area contributed by atoms with Crippen LogP contribution >= 0.6 is 0 Å². The van der Waals surface area contributed by atoms with Crippen molar-refractivity contribution in [1.82, 2.24) is 4.90 Å². The van der Waals surface area contributed by atoms with Crippen molar-refractivity contribution in [1.29, 1.82) is 0 Å². The van der Waals surface area contributed by atoms with Gasteiger partial charge in [-0.3, -0.25) is 4.79 Å². The van der Waals surface area contributed by atoms with Gasteiger partial charge in [-0.2, -0.15) is 0 Å². The van der Waals surface area contributed by atoms with Crippen molar-refractivity contribution in [2.24, 2.45) is 11.7 Å². The van der Waals surface area contributed by atoms with E-state index in [4.69, 9.17) is 14.9 Å². The average molecular weight is 384 g/mol. The highest BCUT2D eigenvalue weighted by molar-refractivity contribution is 5.95. The van der Waals surface area contributed by atoms with E-state index >= 15 is 0 Å². The maximum atomic E-state index is 12.9. The minimum absolute atomic E-state index is 0.144. The summed E-state index contributed by atoms with van der Waals surface area (Å²) in [5.41, 5.74) is 7.14. The van der Waals surface area contributed by atoms with Gasteiger partial charge in [0.05, 0.1) is 7.11 Å². The lowest BCUT2D eigenvalue weighted by atomic mass is 9.97. The Hall–Kier alpha value is -2.60. The molecule has 6 nitrogen and oxygen atoms in total. The van der Waals surface area contributed by atoms with Crippen LogP contribution in [0.25, 0.3) is 0 Å². The second kappa shape index (κ2) is 9.06. The molecule has 2 N–H and O–H groups in total. The number of piperidine rings is 1. The molecular formula is C22H28N2O4. The molecule has 1 amide bonds. The van der Waals surface area contributed by atoms with Crippen molar-refractivity contribution in [3.8, 4) is 5.75 Å². The van der Waals surface area contributed by atoms with Gasteiger partial charge in [0.15, 0.2) is 0 Å². The molecule has 1 aromatic heterocycles. The standard InChI is InChI=1S/C22H28N2O4/c1-15-12-19(10-7-16-5-8-18(27-2)9-6-16)28-22(26)20(15)21(25)24-11-3-4-17(13-23)14-24/h5-6,8-9,12,17H,3-4,7,10-11,13-14,23H2,1-2H3. The second-order valence-corrected chi connectivity index (χ2v) is 7.40. The van der Waals surface area contributed by atoms with Gasteiger partial charge in [0.25, 0.3) is 5.91 Å². The zero-order valence-corrected chi connectivity index (χ0v) is 16.6. The molecule has 3 rings (SSSR count). The van der Waals surface area contributed by atoms with Gasteiger partial charge in [-0.25, -0.2) is 4.79 Å². The first kappa shape index (κ1) is 20.1. The Morgan fingerprint density at radius 2 is 2.04 bits per heavy atom. The fourth-order valence-corrected chi connectivity index (χ4v) is 3.71. The number of amides is 1. The molecule has 6 heteroatoms. The summed E-state index contributed by atoms with van der Waals surface area (Å²) in [7, 11) is 1.63. The normalized spacial score (nSPS) is 16.8. The van der Waals surface area contributed by atoms with E-state index in [1.54, 1.807) is 18.9 Å². The number of hydrogen-bond acceptors (Lipinski definition) is 5. The number of nitrogens with zero attached hydrogens (tertiary/aromatic N) is 1. The van der Waals surface area contributed by atoms with E-state index in [1.165, 1.54) is 0 Å². The largest absolute Gasteiger partial charge is 0.497 e. The molecule has 1 aliphatic heterocycles. The molecule has 1 fully saturated rings. The molecule has 1 atom stereocenters. The molecule has 150 valence electrons. The molecule has 0 aliphatic carbocycles. The van der Waals surface area contributed by atoms with Gasteiger partial charge in [0.2, 0.25) is 0 Å². The number of likely N-dealkylation sites (tertiary alicyclic amines) is 1. The quantitative estimate of drug-likeness (QED) is 0.827. The van der Waals surface area contributed by atoms with E-state index in [2.05, 4.69) is 0 Å². The molecule has 2 heterocycles. The first-order valence-electron chi connectivity index (χ1n) is 9.77. The summed E-state index contributed by atoms with van der Waals surface area (Å²) < 4.78 is 10.6. The Morgan fingerprint density at radius 1 is 1.29 bits per heavy atom. The minimum Gasteiger partial charge on any atom is -0.497 e. The summed E-state index contributed by atoms with van der Waals surface area (Å²) in [5.74, 6) is 1.46. The fourth-order valence-electron chi connectivity index (χ4n) is 3.71. The van der Waals surface area contributed by atoms with Crippen LogP contribution < -0.4 is 16.1 Å². The van der Waals surface area contributed by atoms with Crippen LogP contribution in [-0.2, 0) is 12.8 Å². The summed E-state index contributed by atoms with van der Waals surface area (Å²) in [5, 5.41) is 0. The predicted octanol–water partition coefficient (Wildman–Crippen LogP) is 2.55. The molecule has 0 radical (unpaired) electrons. The number of nitrogens with two attached hydrogens (primary N) is 1. The topological polar surface area (TPSA) is 85.8 Å². The number of ether oxygens (including phenoxy) is 1. The Morgan fingerprint density at radius 3 is 2.68 bits per heavy atom. The smallest absolute Gasteiger partial charge is 0.349 e. The van der Waals surface area contributed by atoms with Crippen LogP contribution in [0.4, 0.5) is 0 Å². The molecule has 0 saturated carbocycles. The van der Waals surface area contributed by atoms with E-state index in [9.17, 15) is 9.59 Å². The Labute approximate surface area is 165 Å². The van der Waals surface area contributed by atoms with Crippen molar-refractivity contribution in [2.75, 3.05) is 26.7 Å². The third kappa shape index (κ3) is 4.62. The molecule has 1 aliphatic rings. The van der Waals surface area contributed by atoms with E-state index in [0.717, 1.165) is 30.6 Å². The highest BCUT2D eigenvalue weighted by Crippen LogP contribution is 2.19. The lowest BCUT2D eigenvalue weighted by Crippen LogP contribution is -2.43. The van der Waals surface area contributed by atoms with Crippen molar-refractivity contribution >= 4 is 5.91 Å². The summed E-state index contributed by atoms with van der Waals surface area (Å²) >= 11 is 0. The van der Waals surface area contributed by atoms with E-state index in [1.807, 2.05) is 30.3 Å². The van der Waals surface area contributed by atoms with Crippen LogP contribution in [0.5, 0.6) is 5.75 Å². The fraction of sp³-hybridized carbons (Fsp3) is 0.455. The van der Waals surface area contributed by atoms with Crippen LogP contribution in [-0.4, -0.2) is 37.6 Å². The second-order valence-electron chi connectivity index (χ2n) is 7.40. The molecule has 2 aromatic rings. The predicted molar refractivity (Wildman–Crippen MR) is 108 cm³/mol. The maximum Gasteiger partial charge on any atom is 0.349 e. The third-order valence-electron chi connectivity index (χ3n) is 5.37. The zero-order valence-electron chi connectivity index (χ0n) is 16.6. The Balaban J connectivity index is 1.71. The SMILES string of the molecule is COc1ccc(CCc2cc(C)c(C(=O)N3CCCC(CN)C3)c(=O)o2)cc1. The van der Waals surface area contributed by atoms with Gasteiger partial charge in [-0.15, -0.1) is 0 Å². The lowest BCUT2D eigenvalue weighted by molar-refractivity contribution is 0.0672. The van der Waals surface area contributed by atoms with Crippen LogP contribution in [0, 0.1) is 12.8 Å². The van der Waals surface area contributed by atoms with Crippen LogP contribution in [0.2, 0.25) is 0 Å². The van der Waals surface area contributed by atoms with Gasteiger partial charge in [0.1, 0.15) is 17.1 Å². The van der Waals surface area contributed by atoms with E-state index < -0.39 is 5.63 Å².